The second kappa shape index (κ2) is 12.1. The molecule has 0 N–H and O–H groups in total. The number of carbonyl (C=O) groups is 2. The second-order valence-electron chi connectivity index (χ2n) is 9.96. The first-order chi connectivity index (χ1) is 18.6. The molecular weight excluding hydrogens is 486 g/mol. The molecule has 2 heterocycles. The highest BCUT2D eigenvalue weighted by Gasteiger charge is 2.43. The molecule has 0 aromatic heterocycles. The number of hydrogen-bond acceptors (Lipinski definition) is 7. The van der Waals surface area contributed by atoms with Crippen molar-refractivity contribution in [1.82, 2.24) is 4.90 Å². The van der Waals surface area contributed by atoms with Gasteiger partial charge in [0.05, 0.1) is 25.4 Å². The van der Waals surface area contributed by atoms with Crippen LogP contribution in [-0.2, 0) is 28.5 Å². The Balaban J connectivity index is 1.26. The van der Waals surface area contributed by atoms with Crippen LogP contribution in [0, 0.1) is 0 Å². The summed E-state index contributed by atoms with van der Waals surface area (Å²) in [7, 11) is 1.65. The van der Waals surface area contributed by atoms with E-state index in [1.807, 2.05) is 24.3 Å². The quantitative estimate of drug-likeness (QED) is 0.350. The Bertz CT molecular complexity index is 1100. The number of esters is 1. The molecule has 2 aliphatic heterocycles. The van der Waals surface area contributed by atoms with Gasteiger partial charge in [0, 0.05) is 19.4 Å². The Hall–Kier alpha value is -3.20. The van der Waals surface area contributed by atoms with Crippen LogP contribution >= 0.6 is 0 Å². The lowest BCUT2D eigenvalue weighted by molar-refractivity contribution is -0.219. The Morgan fingerprint density at radius 2 is 1.74 bits per heavy atom. The van der Waals surface area contributed by atoms with Crippen LogP contribution in [0.25, 0.3) is 11.1 Å². The maximum atomic E-state index is 13.4. The molecule has 0 spiro atoms. The third-order valence-corrected chi connectivity index (χ3v) is 7.46. The molecule has 1 aliphatic carbocycles. The first-order valence-corrected chi connectivity index (χ1v) is 13.3. The Kier molecular flexibility index (Phi) is 8.42. The molecule has 0 radical (unpaired) electrons. The summed E-state index contributed by atoms with van der Waals surface area (Å²) < 4.78 is 28.6. The number of carbonyl (C=O) groups excluding carboxylic acids is 2. The number of fused-ring (bicyclic) bond motifs is 3. The molecule has 4 atom stereocenters. The third kappa shape index (κ3) is 5.62. The van der Waals surface area contributed by atoms with Crippen molar-refractivity contribution < 1.29 is 33.3 Å². The number of rotatable bonds is 9. The topological polar surface area (TPSA) is 83.5 Å². The van der Waals surface area contributed by atoms with Crippen molar-refractivity contribution in [2.45, 2.75) is 56.1 Å². The van der Waals surface area contributed by atoms with Crippen molar-refractivity contribution in [1.29, 1.82) is 0 Å². The molecule has 8 nitrogen and oxygen atoms in total. The highest BCUT2D eigenvalue weighted by Crippen LogP contribution is 2.44. The minimum atomic E-state index is -0.797. The van der Waals surface area contributed by atoms with Gasteiger partial charge in [0.2, 0.25) is 0 Å². The standard InChI is InChI=1S/C30H35NO7/c1-3-15-35-29(32)27-16-21(38-28-14-8-9-20(37-28)18-34-2)17-31(27)30(33)36-19-26-24-12-6-4-10-22(24)23-11-5-7-13-25(23)26/h3-7,10-13,20-21,26-28H,1,8-9,14-19H2,2H3/t20?,21?,27-,28?/m0/s1. The SMILES string of the molecule is C=CCOC(=O)[C@@H]1CC(OC2CCCC(COC)O2)CN1C(=O)OCC1c2ccccc2-c2ccccc21. The predicted octanol–water partition coefficient (Wildman–Crippen LogP) is 4.67. The van der Waals surface area contributed by atoms with Crippen molar-refractivity contribution >= 4 is 12.1 Å². The van der Waals surface area contributed by atoms with E-state index >= 15 is 0 Å². The summed E-state index contributed by atoms with van der Waals surface area (Å²) in [5.41, 5.74) is 4.57. The molecule has 2 saturated heterocycles. The number of ether oxygens (including phenoxy) is 5. The highest BCUT2D eigenvalue weighted by atomic mass is 16.7. The third-order valence-electron chi connectivity index (χ3n) is 7.46. The number of benzene rings is 2. The zero-order valence-electron chi connectivity index (χ0n) is 21.8. The lowest BCUT2D eigenvalue weighted by Gasteiger charge is -2.31. The molecule has 5 rings (SSSR count). The maximum Gasteiger partial charge on any atom is 0.410 e. The van der Waals surface area contributed by atoms with Crippen LogP contribution < -0.4 is 0 Å². The molecule has 0 bridgehead atoms. The number of likely N-dealkylation sites (tertiary alicyclic amines) is 1. The highest BCUT2D eigenvalue weighted by molar-refractivity contribution is 5.83. The summed E-state index contributed by atoms with van der Waals surface area (Å²) in [6.07, 6.45) is 3.11. The van der Waals surface area contributed by atoms with Crippen LogP contribution in [0.15, 0.2) is 61.2 Å². The minimum absolute atomic E-state index is 0.0215. The molecule has 2 fully saturated rings. The number of hydrogen-bond donors (Lipinski definition) is 0. The molecule has 2 aromatic rings. The Morgan fingerprint density at radius 3 is 2.42 bits per heavy atom. The molecular formula is C30H35NO7. The van der Waals surface area contributed by atoms with Crippen LogP contribution in [-0.4, -0.2) is 75.0 Å². The molecule has 202 valence electrons. The first kappa shape index (κ1) is 26.4. The van der Waals surface area contributed by atoms with Gasteiger partial charge in [0.1, 0.15) is 19.3 Å². The van der Waals surface area contributed by atoms with Crippen LogP contribution in [0.5, 0.6) is 0 Å². The van der Waals surface area contributed by atoms with Crippen molar-refractivity contribution in [3.05, 3.63) is 72.3 Å². The maximum absolute atomic E-state index is 13.4. The predicted molar refractivity (Wildman–Crippen MR) is 141 cm³/mol. The molecule has 2 aromatic carbocycles. The average molecular weight is 522 g/mol. The Morgan fingerprint density at radius 1 is 1.03 bits per heavy atom. The zero-order chi connectivity index (χ0) is 26.5. The monoisotopic (exact) mass is 521 g/mol. The summed E-state index contributed by atoms with van der Waals surface area (Å²) in [5, 5.41) is 0. The van der Waals surface area contributed by atoms with E-state index in [9.17, 15) is 9.59 Å². The van der Waals surface area contributed by atoms with Crippen LogP contribution in [0.3, 0.4) is 0 Å². The van der Waals surface area contributed by atoms with E-state index in [4.69, 9.17) is 23.7 Å². The van der Waals surface area contributed by atoms with Gasteiger partial charge in [-0.05, 0) is 41.5 Å². The molecule has 3 aliphatic rings. The Labute approximate surface area is 223 Å². The minimum Gasteiger partial charge on any atom is -0.460 e. The summed E-state index contributed by atoms with van der Waals surface area (Å²) >= 11 is 0. The molecule has 3 unspecified atom stereocenters. The molecule has 1 amide bonds. The van der Waals surface area contributed by atoms with E-state index in [0.717, 1.165) is 41.5 Å². The average Bonchev–Trinajstić information content (AvgIpc) is 3.50. The lowest BCUT2D eigenvalue weighted by atomic mass is 9.98. The molecule has 0 saturated carbocycles. The fourth-order valence-electron chi connectivity index (χ4n) is 5.72. The number of nitrogens with zero attached hydrogens (tertiary/aromatic N) is 1. The van der Waals surface area contributed by atoms with Gasteiger partial charge in [0.25, 0.3) is 0 Å². The first-order valence-electron chi connectivity index (χ1n) is 13.3. The second-order valence-corrected chi connectivity index (χ2v) is 9.96. The molecule has 38 heavy (non-hydrogen) atoms. The number of methoxy groups -OCH3 is 1. The van der Waals surface area contributed by atoms with Gasteiger partial charge in [-0.3, -0.25) is 4.90 Å². The van der Waals surface area contributed by atoms with Crippen molar-refractivity contribution in [2.75, 3.05) is 33.5 Å². The molecule has 8 heteroatoms. The lowest BCUT2D eigenvalue weighted by Crippen LogP contribution is -2.42. The largest absolute Gasteiger partial charge is 0.460 e. The van der Waals surface area contributed by atoms with Crippen molar-refractivity contribution in [3.63, 3.8) is 0 Å². The fourth-order valence-corrected chi connectivity index (χ4v) is 5.72. The van der Waals surface area contributed by atoms with E-state index in [2.05, 4.69) is 30.8 Å². The van der Waals surface area contributed by atoms with Crippen LogP contribution in [0.2, 0.25) is 0 Å². The van der Waals surface area contributed by atoms with E-state index in [0.29, 0.717) is 13.0 Å². The van der Waals surface area contributed by atoms with Crippen molar-refractivity contribution in [2.24, 2.45) is 0 Å². The van der Waals surface area contributed by atoms with Crippen LogP contribution in [0.4, 0.5) is 4.79 Å². The van der Waals surface area contributed by atoms with Gasteiger partial charge >= 0.3 is 12.1 Å². The smallest absolute Gasteiger partial charge is 0.410 e. The van der Waals surface area contributed by atoms with E-state index in [1.165, 1.54) is 11.0 Å². The van der Waals surface area contributed by atoms with Gasteiger partial charge in [-0.1, -0.05) is 61.2 Å². The summed E-state index contributed by atoms with van der Waals surface area (Å²) in [6.45, 7) is 4.58. The van der Waals surface area contributed by atoms with Gasteiger partial charge in [0.15, 0.2) is 6.29 Å². The van der Waals surface area contributed by atoms with Crippen molar-refractivity contribution in [3.8, 4) is 11.1 Å². The fraction of sp³-hybridized carbons (Fsp3) is 0.467. The van der Waals surface area contributed by atoms with Crippen LogP contribution in [0.1, 0.15) is 42.7 Å². The van der Waals surface area contributed by atoms with Gasteiger partial charge in [-0.15, -0.1) is 0 Å². The van der Waals surface area contributed by atoms with E-state index in [-0.39, 0.29) is 37.9 Å². The summed E-state index contributed by atoms with van der Waals surface area (Å²) in [4.78, 5) is 27.7. The zero-order valence-corrected chi connectivity index (χ0v) is 21.8. The van der Waals surface area contributed by atoms with E-state index in [1.54, 1.807) is 7.11 Å². The summed E-state index contributed by atoms with van der Waals surface area (Å²) in [5.74, 6) is -0.563. The summed E-state index contributed by atoms with van der Waals surface area (Å²) in [6, 6.07) is 15.6. The van der Waals surface area contributed by atoms with Gasteiger partial charge in [-0.2, -0.15) is 0 Å². The number of amides is 1. The van der Waals surface area contributed by atoms with Gasteiger partial charge < -0.3 is 23.7 Å². The van der Waals surface area contributed by atoms with Gasteiger partial charge in [-0.25, -0.2) is 9.59 Å². The van der Waals surface area contributed by atoms with E-state index < -0.39 is 24.4 Å². The normalized spacial score (nSPS) is 24.5.